The van der Waals surface area contributed by atoms with E-state index < -0.39 is 0 Å². The standard InChI is InChI=1S/C10H13NO4/c1-11-6-7(10-14-3-4-15-10)5-8(11)9(12)13-2/h5-6,10H,3-4H2,1-2H3. The number of esters is 1. The van der Waals surface area contributed by atoms with Gasteiger partial charge < -0.3 is 18.8 Å². The highest BCUT2D eigenvalue weighted by atomic mass is 16.7. The van der Waals surface area contributed by atoms with Crippen molar-refractivity contribution in [3.8, 4) is 0 Å². The van der Waals surface area contributed by atoms with E-state index in [2.05, 4.69) is 4.74 Å². The molecule has 1 aromatic heterocycles. The summed E-state index contributed by atoms with van der Waals surface area (Å²) in [5, 5.41) is 0. The van der Waals surface area contributed by atoms with E-state index in [1.54, 1.807) is 17.7 Å². The van der Waals surface area contributed by atoms with Crippen LogP contribution in [0.1, 0.15) is 22.3 Å². The van der Waals surface area contributed by atoms with E-state index in [4.69, 9.17) is 9.47 Å². The molecule has 1 saturated heterocycles. The molecule has 0 bridgehead atoms. The molecule has 0 aromatic carbocycles. The van der Waals surface area contributed by atoms with Gasteiger partial charge in [-0.15, -0.1) is 0 Å². The minimum absolute atomic E-state index is 0.352. The molecule has 0 radical (unpaired) electrons. The molecule has 0 N–H and O–H groups in total. The van der Waals surface area contributed by atoms with Crippen molar-refractivity contribution in [1.82, 2.24) is 4.57 Å². The van der Waals surface area contributed by atoms with Crippen LogP contribution in [0, 0.1) is 0 Å². The highest BCUT2D eigenvalue weighted by Gasteiger charge is 2.22. The zero-order valence-electron chi connectivity index (χ0n) is 8.73. The Balaban J connectivity index is 2.23. The lowest BCUT2D eigenvalue weighted by Gasteiger charge is -2.04. The zero-order chi connectivity index (χ0) is 10.8. The summed E-state index contributed by atoms with van der Waals surface area (Å²) in [6, 6.07) is 1.72. The van der Waals surface area contributed by atoms with Crippen molar-refractivity contribution < 1.29 is 19.0 Å². The van der Waals surface area contributed by atoms with Crippen LogP contribution < -0.4 is 0 Å². The predicted octanol–water partition coefficient (Wildman–Crippen LogP) is 0.857. The van der Waals surface area contributed by atoms with Gasteiger partial charge in [0.2, 0.25) is 0 Å². The van der Waals surface area contributed by atoms with Gasteiger partial charge in [-0.05, 0) is 6.07 Å². The van der Waals surface area contributed by atoms with Gasteiger partial charge >= 0.3 is 5.97 Å². The number of rotatable bonds is 2. The number of aromatic nitrogens is 1. The number of ether oxygens (including phenoxy) is 3. The Bertz CT molecular complexity index is 365. The summed E-state index contributed by atoms with van der Waals surface area (Å²) in [4.78, 5) is 11.3. The van der Waals surface area contributed by atoms with Crippen LogP contribution in [0.15, 0.2) is 12.3 Å². The summed E-state index contributed by atoms with van der Waals surface area (Å²) in [7, 11) is 3.14. The van der Waals surface area contributed by atoms with Crippen LogP contribution in [0.5, 0.6) is 0 Å². The lowest BCUT2D eigenvalue weighted by atomic mass is 10.3. The lowest BCUT2D eigenvalue weighted by molar-refractivity contribution is -0.0441. The molecular weight excluding hydrogens is 198 g/mol. The fraction of sp³-hybridized carbons (Fsp3) is 0.500. The van der Waals surface area contributed by atoms with E-state index in [0.717, 1.165) is 5.56 Å². The molecule has 1 aliphatic rings. The van der Waals surface area contributed by atoms with Crippen LogP contribution in [-0.4, -0.2) is 30.9 Å². The third-order valence-corrected chi connectivity index (χ3v) is 2.31. The second-order valence-corrected chi connectivity index (χ2v) is 3.33. The maximum absolute atomic E-state index is 11.3. The van der Waals surface area contributed by atoms with Gasteiger partial charge in [-0.25, -0.2) is 4.79 Å². The Morgan fingerprint density at radius 1 is 1.53 bits per heavy atom. The van der Waals surface area contributed by atoms with Crippen LogP contribution >= 0.6 is 0 Å². The molecule has 5 nitrogen and oxygen atoms in total. The van der Waals surface area contributed by atoms with Gasteiger partial charge in [0.15, 0.2) is 6.29 Å². The molecule has 2 heterocycles. The summed E-state index contributed by atoms with van der Waals surface area (Å²) in [5.74, 6) is -0.359. The molecule has 5 heteroatoms. The molecule has 2 rings (SSSR count). The first-order valence-electron chi connectivity index (χ1n) is 4.70. The topological polar surface area (TPSA) is 49.7 Å². The highest BCUT2D eigenvalue weighted by molar-refractivity contribution is 5.87. The quantitative estimate of drug-likeness (QED) is 0.681. The molecular formula is C10H13NO4. The molecule has 82 valence electrons. The third-order valence-electron chi connectivity index (χ3n) is 2.31. The third kappa shape index (κ3) is 1.88. The van der Waals surface area contributed by atoms with Gasteiger partial charge in [-0.1, -0.05) is 0 Å². The number of hydrogen-bond acceptors (Lipinski definition) is 4. The van der Waals surface area contributed by atoms with E-state index in [1.165, 1.54) is 7.11 Å². The Hall–Kier alpha value is -1.33. The van der Waals surface area contributed by atoms with Gasteiger partial charge in [0.25, 0.3) is 0 Å². The Kier molecular flexibility index (Phi) is 2.75. The molecule has 15 heavy (non-hydrogen) atoms. The summed E-state index contributed by atoms with van der Waals surface area (Å²) in [6.45, 7) is 1.18. The van der Waals surface area contributed by atoms with Crippen molar-refractivity contribution >= 4 is 5.97 Å². The van der Waals surface area contributed by atoms with E-state index in [9.17, 15) is 4.79 Å². The maximum atomic E-state index is 11.3. The van der Waals surface area contributed by atoms with E-state index in [0.29, 0.717) is 18.9 Å². The summed E-state index contributed by atoms with van der Waals surface area (Å²) in [5.41, 5.74) is 1.34. The summed E-state index contributed by atoms with van der Waals surface area (Å²) < 4.78 is 17.0. The van der Waals surface area contributed by atoms with Crippen molar-refractivity contribution in [3.63, 3.8) is 0 Å². The van der Waals surface area contributed by atoms with Crippen molar-refractivity contribution in [3.05, 3.63) is 23.5 Å². The van der Waals surface area contributed by atoms with Crippen LogP contribution in [0.2, 0.25) is 0 Å². The van der Waals surface area contributed by atoms with Crippen molar-refractivity contribution in [2.75, 3.05) is 20.3 Å². The molecule has 0 atom stereocenters. The lowest BCUT2D eigenvalue weighted by Crippen LogP contribution is -2.06. The molecule has 1 aliphatic heterocycles. The monoisotopic (exact) mass is 211 g/mol. The molecule has 0 spiro atoms. The number of carbonyl (C=O) groups excluding carboxylic acids is 1. The first-order chi connectivity index (χ1) is 7.22. The first kappa shape index (κ1) is 10.2. The fourth-order valence-electron chi connectivity index (χ4n) is 1.58. The number of nitrogens with zero attached hydrogens (tertiary/aromatic N) is 1. The average Bonchev–Trinajstić information content (AvgIpc) is 2.84. The zero-order valence-corrected chi connectivity index (χ0v) is 8.73. The molecule has 0 unspecified atom stereocenters. The van der Waals surface area contributed by atoms with E-state index in [1.807, 2.05) is 6.20 Å². The normalized spacial score (nSPS) is 16.9. The van der Waals surface area contributed by atoms with Gasteiger partial charge in [0.05, 0.1) is 20.3 Å². The minimum Gasteiger partial charge on any atom is -0.464 e. The number of hydrogen-bond donors (Lipinski definition) is 0. The Morgan fingerprint density at radius 2 is 2.20 bits per heavy atom. The summed E-state index contributed by atoms with van der Waals surface area (Å²) >= 11 is 0. The molecule has 0 amide bonds. The Labute approximate surface area is 87.5 Å². The van der Waals surface area contributed by atoms with Gasteiger partial charge in [-0.3, -0.25) is 0 Å². The second-order valence-electron chi connectivity index (χ2n) is 3.33. The van der Waals surface area contributed by atoms with Crippen molar-refractivity contribution in [1.29, 1.82) is 0 Å². The van der Waals surface area contributed by atoms with Crippen LogP contribution in [0.4, 0.5) is 0 Å². The molecule has 0 saturated carbocycles. The SMILES string of the molecule is COC(=O)c1cc(C2OCCO2)cn1C. The minimum atomic E-state index is -0.359. The van der Waals surface area contributed by atoms with Crippen molar-refractivity contribution in [2.24, 2.45) is 7.05 Å². The van der Waals surface area contributed by atoms with Gasteiger partial charge in [0, 0.05) is 18.8 Å². The average molecular weight is 211 g/mol. The number of carbonyl (C=O) groups is 1. The molecule has 1 fully saturated rings. The number of aryl methyl sites for hydroxylation is 1. The number of methoxy groups -OCH3 is 1. The van der Waals surface area contributed by atoms with Crippen LogP contribution in [-0.2, 0) is 21.3 Å². The van der Waals surface area contributed by atoms with Gasteiger partial charge in [0.1, 0.15) is 5.69 Å². The highest BCUT2D eigenvalue weighted by Crippen LogP contribution is 2.24. The van der Waals surface area contributed by atoms with Gasteiger partial charge in [-0.2, -0.15) is 0 Å². The smallest absolute Gasteiger partial charge is 0.354 e. The van der Waals surface area contributed by atoms with Crippen LogP contribution in [0.3, 0.4) is 0 Å². The maximum Gasteiger partial charge on any atom is 0.354 e. The first-order valence-corrected chi connectivity index (χ1v) is 4.70. The Morgan fingerprint density at radius 3 is 2.80 bits per heavy atom. The fourth-order valence-corrected chi connectivity index (χ4v) is 1.58. The van der Waals surface area contributed by atoms with E-state index in [-0.39, 0.29) is 12.3 Å². The molecule has 0 aliphatic carbocycles. The van der Waals surface area contributed by atoms with Crippen LogP contribution in [0.25, 0.3) is 0 Å². The van der Waals surface area contributed by atoms with Crippen molar-refractivity contribution in [2.45, 2.75) is 6.29 Å². The largest absolute Gasteiger partial charge is 0.464 e. The molecule has 1 aromatic rings. The predicted molar refractivity (Wildman–Crippen MR) is 51.4 cm³/mol. The van der Waals surface area contributed by atoms with E-state index >= 15 is 0 Å². The summed E-state index contributed by atoms with van der Waals surface area (Å²) in [6.07, 6.45) is 1.46. The second kappa shape index (κ2) is 4.04.